The van der Waals surface area contributed by atoms with Gasteiger partial charge in [0.15, 0.2) is 17.2 Å². The topological polar surface area (TPSA) is 94.1 Å². The molecule has 1 unspecified atom stereocenters. The number of carbonyl (C=O) groups excluding carboxylic acids is 1. The maximum atomic E-state index is 12.6. The van der Waals surface area contributed by atoms with Crippen molar-refractivity contribution < 1.29 is 13.6 Å². The molecule has 0 saturated heterocycles. The minimum atomic E-state index is -0.424. The molecular weight excluding hydrogens is 400 g/mol. The van der Waals surface area contributed by atoms with E-state index in [0.29, 0.717) is 28.1 Å². The van der Waals surface area contributed by atoms with Gasteiger partial charge in [0.1, 0.15) is 5.69 Å². The van der Waals surface area contributed by atoms with Gasteiger partial charge in [0.05, 0.1) is 17.8 Å². The van der Waals surface area contributed by atoms with E-state index in [9.17, 15) is 4.79 Å². The van der Waals surface area contributed by atoms with Crippen molar-refractivity contribution in [1.82, 2.24) is 15.2 Å². The van der Waals surface area contributed by atoms with E-state index in [0.717, 1.165) is 11.3 Å². The third-order valence-corrected chi connectivity index (χ3v) is 5.55. The summed E-state index contributed by atoms with van der Waals surface area (Å²) >= 11 is 1.23. The van der Waals surface area contributed by atoms with Crippen molar-refractivity contribution in [2.24, 2.45) is 0 Å². The number of hydrogen-bond donors (Lipinski definition) is 1. The highest BCUT2D eigenvalue weighted by molar-refractivity contribution is 8.00. The van der Waals surface area contributed by atoms with Crippen LogP contribution in [-0.4, -0.2) is 26.3 Å². The second kappa shape index (κ2) is 8.54. The predicted octanol–water partition coefficient (Wildman–Crippen LogP) is 5.13. The van der Waals surface area contributed by atoms with E-state index >= 15 is 0 Å². The van der Waals surface area contributed by atoms with Crippen LogP contribution < -0.4 is 5.32 Å². The molecule has 30 heavy (non-hydrogen) atoms. The monoisotopic (exact) mass is 420 g/mol. The van der Waals surface area contributed by atoms with Gasteiger partial charge in [-0.15, -0.1) is 10.2 Å². The van der Waals surface area contributed by atoms with Gasteiger partial charge in [0, 0.05) is 5.69 Å². The van der Waals surface area contributed by atoms with E-state index < -0.39 is 5.25 Å². The van der Waals surface area contributed by atoms with Crippen molar-refractivity contribution in [2.45, 2.75) is 31.2 Å². The fourth-order valence-electron chi connectivity index (χ4n) is 2.80. The molecule has 0 spiro atoms. The molecule has 7 nitrogen and oxygen atoms in total. The summed E-state index contributed by atoms with van der Waals surface area (Å²) in [6, 6.07) is 12.9. The van der Waals surface area contributed by atoms with Crippen LogP contribution in [0.25, 0.3) is 22.9 Å². The van der Waals surface area contributed by atoms with E-state index in [2.05, 4.69) is 20.5 Å². The van der Waals surface area contributed by atoms with Gasteiger partial charge in [0.2, 0.25) is 11.1 Å². The Bertz CT molecular complexity index is 1160. The molecular formula is C22H20N4O3S. The van der Waals surface area contributed by atoms with Gasteiger partial charge in [0.25, 0.3) is 0 Å². The fourth-order valence-corrected chi connectivity index (χ4v) is 3.51. The second-order valence-electron chi connectivity index (χ2n) is 6.79. The molecule has 0 aliphatic heterocycles. The van der Waals surface area contributed by atoms with Gasteiger partial charge in [-0.1, -0.05) is 17.8 Å². The molecule has 4 rings (SSSR count). The van der Waals surface area contributed by atoms with Crippen LogP contribution in [0.5, 0.6) is 0 Å². The number of carbonyl (C=O) groups is 1. The molecule has 0 fully saturated rings. The Morgan fingerprint density at radius 1 is 0.967 bits per heavy atom. The third kappa shape index (κ3) is 4.28. The van der Waals surface area contributed by atoms with E-state index in [1.54, 1.807) is 43.7 Å². The Hall–Kier alpha value is -3.39. The van der Waals surface area contributed by atoms with Crippen molar-refractivity contribution in [3.63, 3.8) is 0 Å². The number of furan rings is 2. The van der Waals surface area contributed by atoms with Crippen molar-refractivity contribution >= 4 is 23.4 Å². The van der Waals surface area contributed by atoms with Crippen LogP contribution in [0.15, 0.2) is 69.0 Å². The number of nitrogens with one attached hydrogen (secondary N) is 1. The van der Waals surface area contributed by atoms with Crippen molar-refractivity contribution in [2.75, 3.05) is 5.32 Å². The molecule has 152 valence electrons. The second-order valence-corrected chi connectivity index (χ2v) is 8.10. The Balaban J connectivity index is 1.54. The van der Waals surface area contributed by atoms with Crippen molar-refractivity contribution in [3.05, 3.63) is 66.1 Å². The van der Waals surface area contributed by atoms with Crippen LogP contribution in [0, 0.1) is 13.8 Å². The van der Waals surface area contributed by atoms with Crippen LogP contribution in [0.3, 0.4) is 0 Å². The molecule has 1 atom stereocenters. The third-order valence-electron chi connectivity index (χ3n) is 4.60. The summed E-state index contributed by atoms with van der Waals surface area (Å²) in [6.45, 7) is 5.85. The largest absolute Gasteiger partial charge is 0.463 e. The smallest absolute Gasteiger partial charge is 0.237 e. The van der Waals surface area contributed by atoms with Gasteiger partial charge < -0.3 is 14.2 Å². The first-order chi connectivity index (χ1) is 14.5. The molecule has 3 aromatic heterocycles. The Morgan fingerprint density at radius 2 is 1.67 bits per heavy atom. The lowest BCUT2D eigenvalue weighted by atomic mass is 10.1. The first kappa shape index (κ1) is 19.9. The number of aryl methyl sites for hydroxylation is 2. The summed E-state index contributed by atoms with van der Waals surface area (Å²) in [5.41, 5.74) is 4.05. The zero-order valence-electron chi connectivity index (χ0n) is 16.7. The summed E-state index contributed by atoms with van der Waals surface area (Å²) < 4.78 is 11.0. The fraction of sp³-hybridized carbons (Fsp3) is 0.182. The quantitative estimate of drug-likeness (QED) is 0.432. The summed E-state index contributed by atoms with van der Waals surface area (Å²) in [5, 5.41) is 11.3. The Morgan fingerprint density at radius 3 is 2.30 bits per heavy atom. The zero-order valence-corrected chi connectivity index (χ0v) is 17.6. The summed E-state index contributed by atoms with van der Waals surface area (Å²) in [4.78, 5) is 17.2. The van der Waals surface area contributed by atoms with Gasteiger partial charge in [-0.3, -0.25) is 4.79 Å². The standard InChI is InChI=1S/C22H20N4O3S/c1-13-8-9-16(12-14(13)2)23-21(27)15(3)30-22-24-19(17-6-4-10-28-17)20(25-26-22)18-7-5-11-29-18/h4-12,15H,1-3H3,(H,23,27). The van der Waals surface area contributed by atoms with Crippen LogP contribution in [0.2, 0.25) is 0 Å². The molecule has 1 amide bonds. The lowest BCUT2D eigenvalue weighted by molar-refractivity contribution is -0.115. The number of aromatic nitrogens is 3. The number of nitrogens with zero attached hydrogens (tertiary/aromatic N) is 3. The van der Waals surface area contributed by atoms with Gasteiger partial charge in [-0.25, -0.2) is 4.98 Å². The predicted molar refractivity (Wildman–Crippen MR) is 115 cm³/mol. The highest BCUT2D eigenvalue weighted by Gasteiger charge is 2.21. The molecule has 8 heteroatoms. The minimum Gasteiger partial charge on any atom is -0.463 e. The number of amides is 1. The van der Waals surface area contributed by atoms with Gasteiger partial charge >= 0.3 is 0 Å². The first-order valence-corrected chi connectivity index (χ1v) is 10.3. The molecule has 0 bridgehead atoms. The highest BCUT2D eigenvalue weighted by Crippen LogP contribution is 2.31. The van der Waals surface area contributed by atoms with Crippen LogP contribution in [0.1, 0.15) is 18.1 Å². The van der Waals surface area contributed by atoms with Crippen LogP contribution in [0.4, 0.5) is 5.69 Å². The highest BCUT2D eigenvalue weighted by atomic mass is 32.2. The summed E-state index contributed by atoms with van der Waals surface area (Å²) in [6.07, 6.45) is 3.13. The zero-order chi connectivity index (χ0) is 21.1. The van der Waals surface area contributed by atoms with E-state index in [1.165, 1.54) is 17.3 Å². The normalized spacial score (nSPS) is 12.0. The van der Waals surface area contributed by atoms with Crippen molar-refractivity contribution in [1.29, 1.82) is 0 Å². The Kier molecular flexibility index (Phi) is 5.67. The summed E-state index contributed by atoms with van der Waals surface area (Å²) in [7, 11) is 0. The maximum absolute atomic E-state index is 12.6. The van der Waals surface area contributed by atoms with Crippen LogP contribution >= 0.6 is 11.8 Å². The Labute approximate surface area is 177 Å². The minimum absolute atomic E-state index is 0.137. The average Bonchev–Trinajstić information content (AvgIpc) is 3.45. The van der Waals surface area contributed by atoms with E-state index in [-0.39, 0.29) is 5.91 Å². The molecule has 3 heterocycles. The average molecular weight is 420 g/mol. The SMILES string of the molecule is Cc1ccc(NC(=O)C(C)Sc2nnc(-c3ccco3)c(-c3ccco3)n2)cc1C. The molecule has 4 aromatic rings. The van der Waals surface area contributed by atoms with Crippen molar-refractivity contribution in [3.8, 4) is 22.9 Å². The lowest BCUT2D eigenvalue weighted by Gasteiger charge is -2.12. The molecule has 0 aliphatic carbocycles. The number of rotatable bonds is 6. The van der Waals surface area contributed by atoms with Gasteiger partial charge in [-0.2, -0.15) is 0 Å². The van der Waals surface area contributed by atoms with Gasteiger partial charge in [-0.05, 0) is 68.3 Å². The molecule has 0 saturated carbocycles. The van der Waals surface area contributed by atoms with E-state index in [4.69, 9.17) is 8.83 Å². The maximum Gasteiger partial charge on any atom is 0.237 e. The van der Waals surface area contributed by atoms with E-state index in [1.807, 2.05) is 32.0 Å². The van der Waals surface area contributed by atoms with Crippen LogP contribution in [-0.2, 0) is 4.79 Å². The number of benzene rings is 1. The first-order valence-electron chi connectivity index (χ1n) is 9.38. The molecule has 1 aromatic carbocycles. The molecule has 0 radical (unpaired) electrons. The lowest BCUT2D eigenvalue weighted by Crippen LogP contribution is -2.22. The molecule has 0 aliphatic rings. The number of thioether (sulfide) groups is 1. The number of anilines is 1. The summed E-state index contributed by atoms with van der Waals surface area (Å²) in [5.74, 6) is 0.949. The molecule has 1 N–H and O–H groups in total. The number of hydrogen-bond acceptors (Lipinski definition) is 7.